The highest BCUT2D eigenvalue weighted by molar-refractivity contribution is 7.29. The predicted molar refractivity (Wildman–Crippen MR) is 98.8 cm³/mol. The van der Waals surface area contributed by atoms with Crippen LogP contribution in [0.1, 0.15) is 49.2 Å². The summed E-state index contributed by atoms with van der Waals surface area (Å²) in [6.45, 7) is 6.67. The first kappa shape index (κ1) is 16.7. The molecule has 0 saturated heterocycles. The number of amides is 1. The van der Waals surface area contributed by atoms with Gasteiger partial charge in [-0.25, -0.2) is 4.98 Å². The third kappa shape index (κ3) is 3.22. The molecule has 0 bridgehead atoms. The molecule has 1 saturated carbocycles. The Kier molecular flexibility index (Phi) is 4.89. The number of aromatic nitrogens is 1. The lowest BCUT2D eigenvalue weighted by Crippen LogP contribution is -2.51. The number of rotatable bonds is 6. The highest BCUT2D eigenvalue weighted by Crippen LogP contribution is 2.35. The van der Waals surface area contributed by atoms with Crippen LogP contribution in [0.15, 0.2) is 6.07 Å². The van der Waals surface area contributed by atoms with E-state index < -0.39 is 0 Å². The van der Waals surface area contributed by atoms with Gasteiger partial charge in [0.05, 0.1) is 15.1 Å². The molecule has 0 unspecified atom stereocenters. The summed E-state index contributed by atoms with van der Waals surface area (Å²) < 4.78 is 1.09. The van der Waals surface area contributed by atoms with Crippen LogP contribution in [-0.2, 0) is 0 Å². The Morgan fingerprint density at radius 2 is 2.04 bits per heavy atom. The molecule has 7 heteroatoms. The number of hydrogen-bond donors (Lipinski definition) is 2. The molecule has 1 aliphatic rings. The zero-order valence-corrected chi connectivity index (χ0v) is 15.4. The predicted octanol–water partition coefficient (Wildman–Crippen LogP) is 3.21. The molecule has 1 amide bonds. The van der Waals surface area contributed by atoms with Crippen molar-refractivity contribution in [2.24, 2.45) is 5.73 Å². The molecule has 0 atom stereocenters. The zero-order chi connectivity index (χ0) is 16.4. The van der Waals surface area contributed by atoms with Crippen LogP contribution < -0.4 is 16.0 Å². The fourth-order valence-electron chi connectivity index (χ4n) is 3.20. The minimum Gasteiger partial charge on any atom is -0.349 e. The van der Waals surface area contributed by atoms with Gasteiger partial charge in [0.15, 0.2) is 5.13 Å². The van der Waals surface area contributed by atoms with E-state index in [0.717, 1.165) is 58.3 Å². The second-order valence-corrected chi connectivity index (χ2v) is 8.13. The summed E-state index contributed by atoms with van der Waals surface area (Å²) in [5.74, 6) is -0.00283. The van der Waals surface area contributed by atoms with Crippen LogP contribution in [-0.4, -0.2) is 36.1 Å². The van der Waals surface area contributed by atoms with Crippen LogP contribution in [0, 0.1) is 0 Å². The van der Waals surface area contributed by atoms with Gasteiger partial charge in [0, 0.05) is 19.6 Å². The zero-order valence-electron chi connectivity index (χ0n) is 13.7. The van der Waals surface area contributed by atoms with Gasteiger partial charge in [-0.15, -0.1) is 11.3 Å². The largest absolute Gasteiger partial charge is 0.349 e. The molecule has 0 aromatic carbocycles. The van der Waals surface area contributed by atoms with E-state index in [4.69, 9.17) is 5.73 Å². The van der Waals surface area contributed by atoms with E-state index in [1.807, 2.05) is 6.07 Å². The number of nitrogens with zero attached hydrogens (tertiary/aromatic N) is 2. The van der Waals surface area contributed by atoms with Gasteiger partial charge in [-0.1, -0.05) is 24.2 Å². The van der Waals surface area contributed by atoms with E-state index in [2.05, 4.69) is 29.0 Å². The van der Waals surface area contributed by atoms with Crippen molar-refractivity contribution in [2.75, 3.05) is 24.5 Å². The smallest absolute Gasteiger partial charge is 0.261 e. The number of nitrogens with two attached hydrogens (primary N) is 1. The lowest BCUT2D eigenvalue weighted by atomic mass is 9.98. The van der Waals surface area contributed by atoms with Crippen molar-refractivity contribution in [3.63, 3.8) is 0 Å². The molecule has 1 aliphatic carbocycles. The van der Waals surface area contributed by atoms with Crippen LogP contribution in [0.25, 0.3) is 9.53 Å². The Balaban J connectivity index is 1.78. The van der Waals surface area contributed by atoms with Crippen molar-refractivity contribution in [1.82, 2.24) is 10.3 Å². The number of thiophene rings is 1. The van der Waals surface area contributed by atoms with Crippen molar-refractivity contribution in [1.29, 1.82) is 0 Å². The molecule has 3 rings (SSSR count). The average Bonchev–Trinajstić information content (AvgIpc) is 3.23. The van der Waals surface area contributed by atoms with E-state index in [9.17, 15) is 4.79 Å². The lowest BCUT2D eigenvalue weighted by Gasteiger charge is -2.28. The topological polar surface area (TPSA) is 71.2 Å². The van der Waals surface area contributed by atoms with E-state index in [1.165, 1.54) is 11.3 Å². The molecule has 3 N–H and O–H groups in total. The molecule has 2 aromatic heterocycles. The summed E-state index contributed by atoms with van der Waals surface area (Å²) in [6, 6.07) is 1.97. The van der Waals surface area contributed by atoms with Gasteiger partial charge in [-0.3, -0.25) is 4.79 Å². The summed E-state index contributed by atoms with van der Waals surface area (Å²) in [7, 11) is 0. The first-order valence-corrected chi connectivity index (χ1v) is 9.92. The van der Waals surface area contributed by atoms with Crippen molar-refractivity contribution in [3.05, 3.63) is 10.9 Å². The third-order valence-electron chi connectivity index (χ3n) is 4.67. The first-order chi connectivity index (χ1) is 11.1. The summed E-state index contributed by atoms with van der Waals surface area (Å²) in [5, 5.41) is 4.22. The first-order valence-electron chi connectivity index (χ1n) is 8.28. The molecule has 23 heavy (non-hydrogen) atoms. The van der Waals surface area contributed by atoms with Gasteiger partial charge in [-0.05, 0) is 32.8 Å². The van der Waals surface area contributed by atoms with Crippen molar-refractivity contribution in [2.45, 2.75) is 45.1 Å². The monoisotopic (exact) mass is 352 g/mol. The summed E-state index contributed by atoms with van der Waals surface area (Å²) in [6.07, 6.45) is 4.26. The summed E-state index contributed by atoms with van der Waals surface area (Å²) >= 11 is 3.14. The fraction of sp³-hybridized carbons (Fsp3) is 0.625. The number of thiazole rings is 1. The Bertz CT molecular complexity index is 652. The van der Waals surface area contributed by atoms with Crippen LogP contribution in [0.3, 0.4) is 0 Å². The second kappa shape index (κ2) is 6.75. The Morgan fingerprint density at radius 1 is 1.35 bits per heavy atom. The maximum atomic E-state index is 12.6. The molecular formula is C16H24N4OS2. The minimum absolute atomic E-state index is 0.00283. The van der Waals surface area contributed by atoms with E-state index in [-0.39, 0.29) is 11.4 Å². The third-order valence-corrected chi connectivity index (χ3v) is 6.89. The van der Waals surface area contributed by atoms with Crippen LogP contribution in [0.2, 0.25) is 0 Å². The molecule has 2 aromatic rings. The Morgan fingerprint density at radius 3 is 2.61 bits per heavy atom. The highest BCUT2D eigenvalue weighted by Gasteiger charge is 2.34. The Labute approximate surface area is 144 Å². The molecule has 0 spiro atoms. The number of nitrogens with one attached hydrogen (secondary N) is 1. The number of carbonyl (C=O) groups is 1. The van der Waals surface area contributed by atoms with E-state index in [1.54, 1.807) is 11.3 Å². The maximum Gasteiger partial charge on any atom is 0.261 e. The van der Waals surface area contributed by atoms with Gasteiger partial charge in [0.2, 0.25) is 0 Å². The van der Waals surface area contributed by atoms with Crippen LogP contribution in [0.4, 0.5) is 5.13 Å². The number of hydrogen-bond acceptors (Lipinski definition) is 6. The van der Waals surface area contributed by atoms with Crippen molar-refractivity contribution in [3.8, 4) is 0 Å². The summed E-state index contributed by atoms with van der Waals surface area (Å²) in [5.41, 5.74) is 5.71. The molecule has 0 radical (unpaired) electrons. The summed E-state index contributed by atoms with van der Waals surface area (Å²) in [4.78, 5) is 21.2. The van der Waals surface area contributed by atoms with E-state index >= 15 is 0 Å². The molecular weight excluding hydrogens is 328 g/mol. The minimum atomic E-state index is -0.200. The number of fused-ring (bicyclic) bond motifs is 1. The number of carbonyl (C=O) groups excluding carboxylic acids is 1. The van der Waals surface area contributed by atoms with Crippen molar-refractivity contribution < 1.29 is 4.79 Å². The molecule has 5 nitrogen and oxygen atoms in total. The average molecular weight is 353 g/mol. The van der Waals surface area contributed by atoms with Gasteiger partial charge in [-0.2, -0.15) is 0 Å². The highest BCUT2D eigenvalue weighted by atomic mass is 32.1. The van der Waals surface area contributed by atoms with Gasteiger partial charge >= 0.3 is 0 Å². The molecule has 126 valence electrons. The quantitative estimate of drug-likeness (QED) is 0.837. The van der Waals surface area contributed by atoms with Crippen LogP contribution in [0.5, 0.6) is 0 Å². The van der Waals surface area contributed by atoms with Gasteiger partial charge in [0.1, 0.15) is 4.83 Å². The van der Waals surface area contributed by atoms with Crippen molar-refractivity contribution >= 4 is 43.2 Å². The molecule has 2 heterocycles. The maximum absolute atomic E-state index is 12.6. The second-order valence-electron chi connectivity index (χ2n) is 6.09. The molecule has 1 fully saturated rings. The van der Waals surface area contributed by atoms with E-state index in [0.29, 0.717) is 6.54 Å². The lowest BCUT2D eigenvalue weighted by molar-refractivity contribution is 0.0907. The van der Waals surface area contributed by atoms with Gasteiger partial charge in [0.25, 0.3) is 5.91 Å². The van der Waals surface area contributed by atoms with Crippen LogP contribution >= 0.6 is 22.7 Å². The SMILES string of the molecule is CCN(CC)c1nc2sc(C(=O)NC3(CN)CCCC3)cc2s1. The standard InChI is InChI=1S/C16H24N4OS2/c1-3-20(4-2)15-18-14-12(23-15)9-11(22-14)13(21)19-16(10-17)7-5-6-8-16/h9H,3-8,10,17H2,1-2H3,(H,19,21). The fourth-order valence-corrected chi connectivity index (χ4v) is 5.43. The Hall–Kier alpha value is -1.18. The normalized spacial score (nSPS) is 16.8. The molecule has 0 aliphatic heterocycles. The van der Waals surface area contributed by atoms with Gasteiger partial charge < -0.3 is 16.0 Å². The number of anilines is 1.